The molecule has 0 saturated heterocycles. The van der Waals surface area contributed by atoms with Crippen LogP contribution in [0.3, 0.4) is 0 Å². The molecule has 6 nitrogen and oxygen atoms in total. The number of nitrogens with one attached hydrogen (secondary N) is 1. The van der Waals surface area contributed by atoms with Crippen LogP contribution in [0.4, 0.5) is 0 Å². The summed E-state index contributed by atoms with van der Waals surface area (Å²) in [6, 6.07) is 0. The van der Waals surface area contributed by atoms with E-state index in [1.54, 1.807) is 21.3 Å². The molecule has 0 bridgehead atoms. The lowest BCUT2D eigenvalue weighted by molar-refractivity contribution is -0.128. The third-order valence-corrected chi connectivity index (χ3v) is 2.03. The molecule has 0 aliphatic rings. The number of carbonyl (C=O) groups excluding carboxylic acids is 1. The first-order valence-corrected chi connectivity index (χ1v) is 5.13. The Morgan fingerprint density at radius 1 is 1.31 bits per heavy atom. The summed E-state index contributed by atoms with van der Waals surface area (Å²) in [4.78, 5) is 13.2. The maximum absolute atomic E-state index is 11.4. The van der Waals surface area contributed by atoms with E-state index in [-0.39, 0.29) is 12.2 Å². The number of hydrogen-bond donors (Lipinski definition) is 1. The summed E-state index contributed by atoms with van der Waals surface area (Å²) in [5.74, 6) is -0.0366. The second-order valence-corrected chi connectivity index (χ2v) is 3.44. The van der Waals surface area contributed by atoms with Crippen LogP contribution in [-0.2, 0) is 19.0 Å². The van der Waals surface area contributed by atoms with E-state index < -0.39 is 0 Å². The lowest BCUT2D eigenvalue weighted by Crippen LogP contribution is -2.40. The van der Waals surface area contributed by atoms with Gasteiger partial charge < -0.3 is 19.5 Å². The molecule has 0 spiro atoms. The van der Waals surface area contributed by atoms with Gasteiger partial charge in [-0.15, -0.1) is 0 Å². The zero-order valence-corrected chi connectivity index (χ0v) is 10.5. The van der Waals surface area contributed by atoms with Crippen LogP contribution in [0.1, 0.15) is 0 Å². The summed E-state index contributed by atoms with van der Waals surface area (Å²) in [6.45, 7) is 1.91. The first-order chi connectivity index (χ1) is 7.63. The van der Waals surface area contributed by atoms with E-state index in [0.717, 1.165) is 0 Å². The van der Waals surface area contributed by atoms with Gasteiger partial charge in [0, 0.05) is 34.4 Å². The highest BCUT2D eigenvalue weighted by Gasteiger charge is 2.11. The molecular weight excluding hydrogens is 212 g/mol. The molecule has 16 heavy (non-hydrogen) atoms. The Labute approximate surface area is 96.8 Å². The molecule has 0 saturated carbocycles. The Morgan fingerprint density at radius 3 is 2.44 bits per heavy atom. The molecular formula is C10H22N2O4. The Balaban J connectivity index is 3.68. The van der Waals surface area contributed by atoms with Crippen molar-refractivity contribution in [2.75, 3.05) is 54.6 Å². The second-order valence-electron chi connectivity index (χ2n) is 3.44. The minimum Gasteiger partial charge on any atom is -0.383 e. The third kappa shape index (κ3) is 7.58. The molecule has 0 rings (SSSR count). The number of methoxy groups -OCH3 is 3. The van der Waals surface area contributed by atoms with Gasteiger partial charge in [-0.05, 0) is 7.05 Å². The van der Waals surface area contributed by atoms with E-state index in [9.17, 15) is 4.79 Å². The fourth-order valence-corrected chi connectivity index (χ4v) is 1.16. The van der Waals surface area contributed by atoms with E-state index in [0.29, 0.717) is 26.2 Å². The first kappa shape index (κ1) is 15.3. The minimum absolute atomic E-state index is 0.0366. The van der Waals surface area contributed by atoms with Crippen LogP contribution in [0, 0.1) is 0 Å². The van der Waals surface area contributed by atoms with Crippen molar-refractivity contribution >= 4 is 5.91 Å². The SMILES string of the molecule is COCCNC(=O)CN(C)CC(OC)OC. The molecule has 1 amide bonds. The fraction of sp³-hybridized carbons (Fsp3) is 0.900. The molecule has 0 aromatic rings. The van der Waals surface area contributed by atoms with Gasteiger partial charge >= 0.3 is 0 Å². The topological polar surface area (TPSA) is 60.0 Å². The summed E-state index contributed by atoms with van der Waals surface area (Å²) >= 11 is 0. The summed E-state index contributed by atoms with van der Waals surface area (Å²) in [5.41, 5.74) is 0. The average Bonchev–Trinajstić information content (AvgIpc) is 2.26. The van der Waals surface area contributed by atoms with E-state index in [2.05, 4.69) is 5.32 Å². The molecule has 0 atom stereocenters. The monoisotopic (exact) mass is 234 g/mol. The Kier molecular flexibility index (Phi) is 9.12. The lowest BCUT2D eigenvalue weighted by Gasteiger charge is -2.21. The Hall–Kier alpha value is -0.690. The van der Waals surface area contributed by atoms with Gasteiger partial charge in [0.15, 0.2) is 6.29 Å². The third-order valence-electron chi connectivity index (χ3n) is 2.03. The van der Waals surface area contributed by atoms with Crippen molar-refractivity contribution in [3.63, 3.8) is 0 Å². The summed E-state index contributed by atoms with van der Waals surface area (Å²) in [5, 5.41) is 2.74. The number of hydrogen-bond acceptors (Lipinski definition) is 5. The van der Waals surface area contributed by atoms with Crippen molar-refractivity contribution in [2.45, 2.75) is 6.29 Å². The smallest absolute Gasteiger partial charge is 0.234 e. The molecule has 0 radical (unpaired) electrons. The normalized spacial score (nSPS) is 11.1. The molecule has 0 unspecified atom stereocenters. The van der Waals surface area contributed by atoms with E-state index in [1.807, 2.05) is 11.9 Å². The highest BCUT2D eigenvalue weighted by Crippen LogP contribution is 1.94. The molecule has 0 aromatic heterocycles. The predicted octanol–water partition coefficient (Wildman–Crippen LogP) is -0.700. The second kappa shape index (κ2) is 9.53. The number of ether oxygens (including phenoxy) is 3. The summed E-state index contributed by atoms with van der Waals surface area (Å²) in [7, 11) is 6.57. The number of likely N-dealkylation sites (N-methyl/N-ethyl adjacent to an activating group) is 1. The van der Waals surface area contributed by atoms with Gasteiger partial charge in [0.05, 0.1) is 13.2 Å². The van der Waals surface area contributed by atoms with Crippen molar-refractivity contribution in [2.24, 2.45) is 0 Å². The minimum atomic E-state index is -0.309. The van der Waals surface area contributed by atoms with E-state index in [1.165, 1.54) is 0 Å². The van der Waals surface area contributed by atoms with Crippen molar-refractivity contribution in [3.05, 3.63) is 0 Å². The van der Waals surface area contributed by atoms with Gasteiger partial charge in [-0.1, -0.05) is 0 Å². The number of carbonyl (C=O) groups is 1. The van der Waals surface area contributed by atoms with E-state index in [4.69, 9.17) is 14.2 Å². The molecule has 0 aliphatic carbocycles. The highest BCUT2D eigenvalue weighted by molar-refractivity contribution is 5.77. The maximum Gasteiger partial charge on any atom is 0.234 e. The van der Waals surface area contributed by atoms with Crippen LogP contribution in [-0.4, -0.2) is 71.7 Å². The molecule has 1 N–H and O–H groups in total. The standard InChI is InChI=1S/C10H22N2O4/c1-12(8-10(15-3)16-4)7-9(13)11-5-6-14-2/h10H,5-8H2,1-4H3,(H,11,13). The summed E-state index contributed by atoms with van der Waals surface area (Å²) in [6.07, 6.45) is -0.309. The van der Waals surface area contributed by atoms with Crippen molar-refractivity contribution in [3.8, 4) is 0 Å². The average molecular weight is 234 g/mol. The quantitative estimate of drug-likeness (QED) is 0.422. The Morgan fingerprint density at radius 2 is 1.94 bits per heavy atom. The maximum atomic E-state index is 11.4. The lowest BCUT2D eigenvalue weighted by atomic mass is 10.4. The number of nitrogens with zero attached hydrogens (tertiary/aromatic N) is 1. The van der Waals surface area contributed by atoms with Gasteiger partial charge in [-0.25, -0.2) is 0 Å². The zero-order chi connectivity index (χ0) is 12.4. The van der Waals surface area contributed by atoms with Gasteiger partial charge in [0.2, 0.25) is 5.91 Å². The molecule has 6 heteroatoms. The van der Waals surface area contributed by atoms with Gasteiger partial charge in [-0.2, -0.15) is 0 Å². The van der Waals surface area contributed by atoms with Crippen molar-refractivity contribution in [1.29, 1.82) is 0 Å². The van der Waals surface area contributed by atoms with Gasteiger partial charge in [0.25, 0.3) is 0 Å². The highest BCUT2D eigenvalue weighted by atomic mass is 16.7. The van der Waals surface area contributed by atoms with Gasteiger partial charge in [-0.3, -0.25) is 9.69 Å². The van der Waals surface area contributed by atoms with Crippen LogP contribution < -0.4 is 5.32 Å². The summed E-state index contributed by atoms with van der Waals surface area (Å²) < 4.78 is 14.9. The van der Waals surface area contributed by atoms with Gasteiger partial charge in [0.1, 0.15) is 0 Å². The van der Waals surface area contributed by atoms with E-state index >= 15 is 0 Å². The number of rotatable bonds is 9. The first-order valence-electron chi connectivity index (χ1n) is 5.13. The molecule has 0 aliphatic heterocycles. The number of amides is 1. The van der Waals surface area contributed by atoms with Crippen molar-refractivity contribution in [1.82, 2.24) is 10.2 Å². The van der Waals surface area contributed by atoms with Crippen molar-refractivity contribution < 1.29 is 19.0 Å². The predicted molar refractivity (Wildman–Crippen MR) is 60.2 cm³/mol. The van der Waals surface area contributed by atoms with Crippen LogP contribution >= 0.6 is 0 Å². The van der Waals surface area contributed by atoms with Crippen LogP contribution in [0.25, 0.3) is 0 Å². The molecule has 0 aromatic carbocycles. The Bertz CT molecular complexity index is 186. The van der Waals surface area contributed by atoms with Crippen LogP contribution in [0.2, 0.25) is 0 Å². The zero-order valence-electron chi connectivity index (χ0n) is 10.5. The molecule has 0 fully saturated rings. The van der Waals surface area contributed by atoms with Crippen LogP contribution in [0.5, 0.6) is 0 Å². The fourth-order valence-electron chi connectivity index (χ4n) is 1.16. The molecule has 96 valence electrons. The van der Waals surface area contributed by atoms with Crippen LogP contribution in [0.15, 0.2) is 0 Å². The largest absolute Gasteiger partial charge is 0.383 e. The molecule has 0 heterocycles.